The van der Waals surface area contributed by atoms with Gasteiger partial charge < -0.3 is 0 Å². The summed E-state index contributed by atoms with van der Waals surface area (Å²) in [6.07, 6.45) is 1.66. The third kappa shape index (κ3) is 4.25. The number of rotatable bonds is 6. The summed E-state index contributed by atoms with van der Waals surface area (Å²) >= 11 is 1.55. The SMILES string of the molecule is C=CCN(C(=O)CCc1c(C)nc2nc(C(F)(F)F)nn2c1C)c1nc2c(s1)CCCC2. The Morgan fingerprint density at radius 2 is 1.97 bits per heavy atom. The Labute approximate surface area is 187 Å². The zero-order valence-electron chi connectivity index (χ0n) is 17.9. The number of hydrogen-bond donors (Lipinski definition) is 0. The number of carbonyl (C=O) groups is 1. The predicted octanol–water partition coefficient (Wildman–Crippen LogP) is 4.25. The smallest absolute Gasteiger partial charge is 0.284 e. The third-order valence-electron chi connectivity index (χ3n) is 5.57. The molecular formula is C21H23F3N6OS. The summed E-state index contributed by atoms with van der Waals surface area (Å²) in [5.41, 5.74) is 2.78. The van der Waals surface area contributed by atoms with E-state index in [4.69, 9.17) is 0 Å². The first-order valence-corrected chi connectivity index (χ1v) is 11.2. The van der Waals surface area contributed by atoms with Crippen molar-refractivity contribution in [3.05, 3.63) is 46.0 Å². The normalized spacial score (nSPS) is 13.9. The molecule has 0 spiro atoms. The molecule has 1 aliphatic carbocycles. The molecule has 1 amide bonds. The van der Waals surface area contributed by atoms with E-state index in [2.05, 4.69) is 26.6 Å². The van der Waals surface area contributed by atoms with Gasteiger partial charge in [0.1, 0.15) is 0 Å². The molecule has 32 heavy (non-hydrogen) atoms. The molecule has 0 saturated heterocycles. The molecular weight excluding hydrogens is 441 g/mol. The number of alkyl halides is 3. The van der Waals surface area contributed by atoms with Crippen molar-refractivity contribution in [2.45, 2.75) is 58.5 Å². The van der Waals surface area contributed by atoms with E-state index in [0.29, 0.717) is 35.0 Å². The Balaban J connectivity index is 1.56. The lowest BCUT2D eigenvalue weighted by molar-refractivity contribution is -0.144. The van der Waals surface area contributed by atoms with Crippen molar-refractivity contribution >= 4 is 28.2 Å². The van der Waals surface area contributed by atoms with Crippen LogP contribution in [-0.2, 0) is 30.2 Å². The number of anilines is 1. The second-order valence-corrected chi connectivity index (χ2v) is 8.83. The number of halogens is 3. The number of nitrogens with zero attached hydrogens (tertiary/aromatic N) is 6. The van der Waals surface area contributed by atoms with E-state index in [-0.39, 0.29) is 18.1 Å². The molecule has 170 valence electrons. The number of fused-ring (bicyclic) bond motifs is 2. The van der Waals surface area contributed by atoms with Gasteiger partial charge in [-0.2, -0.15) is 18.2 Å². The number of thiazole rings is 1. The molecule has 3 heterocycles. The summed E-state index contributed by atoms with van der Waals surface area (Å²) in [4.78, 5) is 28.3. The molecule has 0 N–H and O–H groups in total. The molecule has 0 aromatic carbocycles. The number of amides is 1. The van der Waals surface area contributed by atoms with Gasteiger partial charge in [-0.1, -0.05) is 6.08 Å². The van der Waals surface area contributed by atoms with Gasteiger partial charge in [0.15, 0.2) is 5.13 Å². The monoisotopic (exact) mass is 464 g/mol. The largest absolute Gasteiger partial charge is 0.453 e. The minimum Gasteiger partial charge on any atom is -0.284 e. The second kappa shape index (κ2) is 8.61. The van der Waals surface area contributed by atoms with Crippen molar-refractivity contribution in [1.29, 1.82) is 0 Å². The maximum atomic E-state index is 13.1. The molecule has 0 saturated carbocycles. The van der Waals surface area contributed by atoms with Crippen LogP contribution in [0.2, 0.25) is 0 Å². The van der Waals surface area contributed by atoms with E-state index in [1.807, 2.05) is 0 Å². The molecule has 0 bridgehead atoms. The highest BCUT2D eigenvalue weighted by Gasteiger charge is 2.37. The zero-order valence-corrected chi connectivity index (χ0v) is 18.7. The summed E-state index contributed by atoms with van der Waals surface area (Å²) in [6.45, 7) is 7.46. The van der Waals surface area contributed by atoms with Gasteiger partial charge >= 0.3 is 6.18 Å². The fourth-order valence-corrected chi connectivity index (χ4v) is 5.10. The van der Waals surface area contributed by atoms with Crippen molar-refractivity contribution in [3.63, 3.8) is 0 Å². The molecule has 7 nitrogen and oxygen atoms in total. The van der Waals surface area contributed by atoms with Gasteiger partial charge in [-0.3, -0.25) is 9.69 Å². The van der Waals surface area contributed by atoms with Gasteiger partial charge in [-0.15, -0.1) is 23.0 Å². The van der Waals surface area contributed by atoms with Crippen LogP contribution in [0.25, 0.3) is 5.78 Å². The lowest BCUT2D eigenvalue weighted by atomic mass is 10.0. The lowest BCUT2D eigenvalue weighted by Gasteiger charge is -2.18. The quantitative estimate of drug-likeness (QED) is 0.510. The fourth-order valence-electron chi connectivity index (χ4n) is 3.93. The molecule has 0 fully saturated rings. The van der Waals surface area contributed by atoms with Gasteiger partial charge in [0.25, 0.3) is 11.6 Å². The summed E-state index contributed by atoms with van der Waals surface area (Å²) in [7, 11) is 0. The van der Waals surface area contributed by atoms with Crippen LogP contribution in [0.15, 0.2) is 12.7 Å². The average Bonchev–Trinajstić information content (AvgIpc) is 3.35. The van der Waals surface area contributed by atoms with Crippen molar-refractivity contribution in [2.75, 3.05) is 11.4 Å². The Hall–Kier alpha value is -2.82. The summed E-state index contributed by atoms with van der Waals surface area (Å²) < 4.78 is 40.1. The summed E-state index contributed by atoms with van der Waals surface area (Å²) in [5, 5.41) is 4.24. The van der Waals surface area contributed by atoms with Gasteiger partial charge in [0.2, 0.25) is 5.91 Å². The molecule has 0 radical (unpaired) electrons. The Morgan fingerprint density at radius 3 is 2.66 bits per heavy atom. The number of hydrogen-bond acceptors (Lipinski definition) is 6. The minimum atomic E-state index is -4.65. The van der Waals surface area contributed by atoms with Gasteiger partial charge in [-0.05, 0) is 51.5 Å². The molecule has 3 aromatic heterocycles. The van der Waals surface area contributed by atoms with Gasteiger partial charge in [0.05, 0.1) is 5.69 Å². The molecule has 11 heteroatoms. The maximum Gasteiger partial charge on any atom is 0.453 e. The first-order valence-electron chi connectivity index (χ1n) is 10.4. The first kappa shape index (κ1) is 22.4. The Kier molecular flexibility index (Phi) is 6.02. The number of carbonyl (C=O) groups excluding carboxylic acids is 1. The summed E-state index contributed by atoms with van der Waals surface area (Å²) in [5.74, 6) is -1.46. The standard InChI is InChI=1S/C21H23F3N6OS/c1-4-11-29(20-26-15-7-5-6-8-16(15)32-20)17(31)10-9-14-12(2)25-19-27-18(21(22,23)24)28-30(19)13(14)3/h4H,1,5-11H2,2-3H3. The topological polar surface area (TPSA) is 76.3 Å². The van der Waals surface area contributed by atoms with Crippen molar-refractivity contribution in [1.82, 2.24) is 24.6 Å². The molecule has 0 aliphatic heterocycles. The van der Waals surface area contributed by atoms with Crippen molar-refractivity contribution in [3.8, 4) is 0 Å². The second-order valence-electron chi connectivity index (χ2n) is 7.77. The highest BCUT2D eigenvalue weighted by Crippen LogP contribution is 2.32. The summed E-state index contributed by atoms with van der Waals surface area (Å²) in [6, 6.07) is 0. The van der Waals surface area contributed by atoms with E-state index in [0.717, 1.165) is 35.9 Å². The molecule has 0 unspecified atom stereocenters. The van der Waals surface area contributed by atoms with Crippen molar-refractivity contribution in [2.24, 2.45) is 0 Å². The van der Waals surface area contributed by atoms with Crippen molar-refractivity contribution < 1.29 is 18.0 Å². The van der Waals surface area contributed by atoms with Crippen LogP contribution in [0.5, 0.6) is 0 Å². The van der Waals surface area contributed by atoms with Crippen LogP contribution < -0.4 is 4.90 Å². The predicted molar refractivity (Wildman–Crippen MR) is 115 cm³/mol. The minimum absolute atomic E-state index is 0.107. The van der Waals surface area contributed by atoms with E-state index >= 15 is 0 Å². The lowest BCUT2D eigenvalue weighted by Crippen LogP contribution is -2.31. The van der Waals surface area contributed by atoms with Crippen LogP contribution in [-0.4, -0.2) is 37.0 Å². The molecule has 1 aliphatic rings. The van der Waals surface area contributed by atoms with Crippen LogP contribution >= 0.6 is 11.3 Å². The maximum absolute atomic E-state index is 13.1. The first-order chi connectivity index (χ1) is 15.2. The third-order valence-corrected chi connectivity index (χ3v) is 6.75. The van der Waals surface area contributed by atoms with Crippen LogP contribution in [0.4, 0.5) is 18.3 Å². The molecule has 3 aromatic rings. The molecule has 0 atom stereocenters. The molecule has 4 rings (SSSR count). The van der Waals surface area contributed by atoms with E-state index in [9.17, 15) is 18.0 Å². The van der Waals surface area contributed by atoms with E-state index in [1.165, 1.54) is 4.88 Å². The number of aryl methyl sites for hydroxylation is 4. The van der Waals surface area contributed by atoms with E-state index < -0.39 is 12.0 Å². The van der Waals surface area contributed by atoms with Crippen LogP contribution in [0, 0.1) is 13.8 Å². The van der Waals surface area contributed by atoms with Gasteiger partial charge in [0, 0.05) is 29.2 Å². The highest BCUT2D eigenvalue weighted by atomic mass is 32.1. The van der Waals surface area contributed by atoms with Crippen LogP contribution in [0.1, 0.15) is 52.6 Å². The zero-order chi connectivity index (χ0) is 23.0. The fraction of sp³-hybridized carbons (Fsp3) is 0.476. The van der Waals surface area contributed by atoms with Crippen LogP contribution in [0.3, 0.4) is 0 Å². The highest BCUT2D eigenvalue weighted by molar-refractivity contribution is 7.16. The Bertz CT molecular complexity index is 1160. The number of aromatic nitrogens is 5. The van der Waals surface area contributed by atoms with Gasteiger partial charge in [-0.25, -0.2) is 14.5 Å². The van der Waals surface area contributed by atoms with E-state index in [1.54, 1.807) is 36.2 Å². The Morgan fingerprint density at radius 1 is 1.22 bits per heavy atom. The average molecular weight is 465 g/mol.